The van der Waals surface area contributed by atoms with Gasteiger partial charge in [-0.1, -0.05) is 20.8 Å². The van der Waals surface area contributed by atoms with E-state index in [4.69, 9.17) is 4.74 Å². The number of amides is 1. The van der Waals surface area contributed by atoms with Crippen molar-refractivity contribution in [1.29, 1.82) is 0 Å². The Morgan fingerprint density at radius 3 is 2.38 bits per heavy atom. The molecule has 1 amide bonds. The zero-order valence-corrected chi connectivity index (χ0v) is 11.0. The summed E-state index contributed by atoms with van der Waals surface area (Å²) in [6, 6.07) is 0. The molecule has 0 aliphatic carbocycles. The zero-order valence-electron chi connectivity index (χ0n) is 11.0. The van der Waals surface area contributed by atoms with E-state index in [1.807, 2.05) is 34.6 Å². The quantitative estimate of drug-likeness (QED) is 0.725. The van der Waals surface area contributed by atoms with Crippen molar-refractivity contribution in [2.75, 3.05) is 13.2 Å². The molecule has 4 heteroatoms. The maximum absolute atomic E-state index is 11.4. The van der Waals surface area contributed by atoms with Crippen LogP contribution in [-0.2, 0) is 9.53 Å². The van der Waals surface area contributed by atoms with Crippen molar-refractivity contribution >= 4 is 5.91 Å². The van der Waals surface area contributed by atoms with Crippen molar-refractivity contribution in [3.05, 3.63) is 0 Å². The molecule has 0 bridgehead atoms. The molecule has 1 unspecified atom stereocenters. The van der Waals surface area contributed by atoms with Gasteiger partial charge in [-0.25, -0.2) is 0 Å². The van der Waals surface area contributed by atoms with E-state index in [-0.39, 0.29) is 17.4 Å². The smallest absolute Gasteiger partial charge is 0.222 e. The maximum atomic E-state index is 11.4. The van der Waals surface area contributed by atoms with Crippen LogP contribution in [0.4, 0.5) is 0 Å². The van der Waals surface area contributed by atoms with E-state index >= 15 is 0 Å². The first-order valence-corrected chi connectivity index (χ1v) is 5.80. The number of aliphatic hydroxyl groups is 1. The van der Waals surface area contributed by atoms with Crippen LogP contribution in [0.3, 0.4) is 0 Å². The molecule has 0 saturated carbocycles. The van der Waals surface area contributed by atoms with Gasteiger partial charge < -0.3 is 15.2 Å². The predicted molar refractivity (Wildman–Crippen MR) is 64.2 cm³/mol. The minimum Gasteiger partial charge on any atom is -0.391 e. The van der Waals surface area contributed by atoms with E-state index in [2.05, 4.69) is 5.32 Å². The topological polar surface area (TPSA) is 58.6 Å². The van der Waals surface area contributed by atoms with Gasteiger partial charge in [0.15, 0.2) is 0 Å². The number of aliphatic hydroxyl groups excluding tert-OH is 1. The lowest BCUT2D eigenvalue weighted by Gasteiger charge is -2.25. The lowest BCUT2D eigenvalue weighted by Crippen LogP contribution is -2.39. The summed E-state index contributed by atoms with van der Waals surface area (Å²) in [5.41, 5.74) is -0.207. The summed E-state index contributed by atoms with van der Waals surface area (Å²) in [6.07, 6.45) is -0.0369. The number of carbonyl (C=O) groups excluding carboxylic acids is 1. The van der Waals surface area contributed by atoms with Crippen LogP contribution in [0, 0.1) is 5.41 Å². The second-order valence-electron chi connectivity index (χ2n) is 5.36. The molecule has 1 atom stereocenters. The molecular weight excluding hydrogens is 206 g/mol. The molecule has 4 nitrogen and oxygen atoms in total. The molecule has 0 aliphatic heterocycles. The van der Waals surface area contributed by atoms with Gasteiger partial charge in [-0.15, -0.1) is 0 Å². The van der Waals surface area contributed by atoms with Crippen LogP contribution in [0.2, 0.25) is 0 Å². The van der Waals surface area contributed by atoms with Gasteiger partial charge in [-0.05, 0) is 19.3 Å². The van der Waals surface area contributed by atoms with Crippen LogP contribution in [0.25, 0.3) is 0 Å². The van der Waals surface area contributed by atoms with Gasteiger partial charge in [0.05, 0.1) is 18.8 Å². The Kier molecular flexibility index (Phi) is 6.60. The molecule has 0 spiro atoms. The molecule has 0 rings (SSSR count). The second-order valence-corrected chi connectivity index (χ2v) is 5.36. The van der Waals surface area contributed by atoms with Crippen LogP contribution in [0.5, 0.6) is 0 Å². The Balaban J connectivity index is 3.66. The summed E-state index contributed by atoms with van der Waals surface area (Å²) in [5, 5.41) is 12.4. The molecule has 0 aromatic rings. The van der Waals surface area contributed by atoms with Crippen LogP contribution in [0.15, 0.2) is 0 Å². The van der Waals surface area contributed by atoms with Gasteiger partial charge in [0.2, 0.25) is 5.91 Å². The first-order chi connectivity index (χ1) is 7.23. The molecule has 16 heavy (non-hydrogen) atoms. The number of carbonyl (C=O) groups is 1. The Bertz CT molecular complexity index is 209. The predicted octanol–water partition coefficient (Wildman–Crippen LogP) is 1.32. The Labute approximate surface area is 98.4 Å². The third-order valence-corrected chi connectivity index (χ3v) is 2.27. The minimum absolute atomic E-state index is 0.0797. The lowest BCUT2D eigenvalue weighted by atomic mass is 9.89. The largest absolute Gasteiger partial charge is 0.391 e. The summed E-state index contributed by atoms with van der Waals surface area (Å²) < 4.78 is 5.26. The highest BCUT2D eigenvalue weighted by Gasteiger charge is 2.22. The van der Waals surface area contributed by atoms with Crippen LogP contribution >= 0.6 is 0 Å². The minimum atomic E-state index is -0.525. The van der Waals surface area contributed by atoms with Crippen molar-refractivity contribution in [2.24, 2.45) is 5.41 Å². The van der Waals surface area contributed by atoms with Gasteiger partial charge in [0.25, 0.3) is 0 Å². The first kappa shape index (κ1) is 15.4. The number of rotatable bonds is 6. The third-order valence-electron chi connectivity index (χ3n) is 2.27. The second kappa shape index (κ2) is 6.86. The van der Waals surface area contributed by atoms with E-state index < -0.39 is 6.10 Å². The normalized spacial score (nSPS) is 13.9. The van der Waals surface area contributed by atoms with Crippen molar-refractivity contribution in [3.63, 3.8) is 0 Å². The van der Waals surface area contributed by atoms with E-state index in [1.165, 1.54) is 0 Å². The van der Waals surface area contributed by atoms with Crippen molar-refractivity contribution < 1.29 is 14.6 Å². The fraction of sp³-hybridized carbons (Fsp3) is 0.917. The molecule has 2 N–H and O–H groups in total. The van der Waals surface area contributed by atoms with Crippen LogP contribution in [-0.4, -0.2) is 36.4 Å². The van der Waals surface area contributed by atoms with Gasteiger partial charge in [0, 0.05) is 13.0 Å². The zero-order chi connectivity index (χ0) is 12.8. The Hall–Kier alpha value is -0.610. The molecule has 0 aliphatic rings. The standard InChI is InChI=1S/C12H25NO3/c1-9(2)16-7-6-11(15)13-8-10(14)12(3,4)5/h9-10,14H,6-8H2,1-5H3,(H,13,15). The summed E-state index contributed by atoms with van der Waals surface area (Å²) in [5.74, 6) is -0.0797. The van der Waals surface area contributed by atoms with Crippen molar-refractivity contribution in [1.82, 2.24) is 5.32 Å². The first-order valence-electron chi connectivity index (χ1n) is 5.80. The maximum Gasteiger partial charge on any atom is 0.222 e. The highest BCUT2D eigenvalue weighted by Crippen LogP contribution is 2.17. The van der Waals surface area contributed by atoms with Crippen LogP contribution in [0.1, 0.15) is 41.0 Å². The highest BCUT2D eigenvalue weighted by molar-refractivity contribution is 5.75. The fourth-order valence-electron chi connectivity index (χ4n) is 0.992. The molecule has 0 aromatic heterocycles. The lowest BCUT2D eigenvalue weighted by molar-refractivity contribution is -0.123. The average molecular weight is 231 g/mol. The number of ether oxygens (including phenoxy) is 1. The molecule has 0 heterocycles. The van der Waals surface area contributed by atoms with E-state index in [0.29, 0.717) is 19.6 Å². The molecule has 0 fully saturated rings. The van der Waals surface area contributed by atoms with E-state index in [9.17, 15) is 9.90 Å². The molecule has 0 aromatic carbocycles. The highest BCUT2D eigenvalue weighted by atomic mass is 16.5. The van der Waals surface area contributed by atoms with Gasteiger partial charge in [-0.2, -0.15) is 0 Å². The average Bonchev–Trinajstić information content (AvgIpc) is 2.11. The van der Waals surface area contributed by atoms with Gasteiger partial charge in [-0.3, -0.25) is 4.79 Å². The number of hydrogen-bond donors (Lipinski definition) is 2. The van der Waals surface area contributed by atoms with Crippen molar-refractivity contribution in [3.8, 4) is 0 Å². The number of hydrogen-bond acceptors (Lipinski definition) is 3. The molecule has 0 radical (unpaired) electrons. The summed E-state index contributed by atoms with van der Waals surface area (Å²) >= 11 is 0. The van der Waals surface area contributed by atoms with Crippen molar-refractivity contribution in [2.45, 2.75) is 53.2 Å². The summed E-state index contributed by atoms with van der Waals surface area (Å²) in [6.45, 7) is 10.4. The summed E-state index contributed by atoms with van der Waals surface area (Å²) in [4.78, 5) is 11.4. The number of nitrogens with one attached hydrogen (secondary N) is 1. The monoisotopic (exact) mass is 231 g/mol. The van der Waals surface area contributed by atoms with E-state index in [0.717, 1.165) is 0 Å². The Morgan fingerprint density at radius 2 is 1.94 bits per heavy atom. The molecule has 0 saturated heterocycles. The third kappa shape index (κ3) is 7.65. The Morgan fingerprint density at radius 1 is 1.38 bits per heavy atom. The SMILES string of the molecule is CC(C)OCCC(=O)NCC(O)C(C)(C)C. The van der Waals surface area contributed by atoms with Gasteiger partial charge >= 0.3 is 0 Å². The van der Waals surface area contributed by atoms with Crippen LogP contribution < -0.4 is 5.32 Å². The van der Waals surface area contributed by atoms with E-state index in [1.54, 1.807) is 0 Å². The summed E-state index contributed by atoms with van der Waals surface area (Å²) in [7, 11) is 0. The fourth-order valence-corrected chi connectivity index (χ4v) is 0.992. The van der Waals surface area contributed by atoms with Gasteiger partial charge in [0.1, 0.15) is 0 Å². The molecule has 96 valence electrons. The molecular formula is C12H25NO3.